The van der Waals surface area contributed by atoms with Gasteiger partial charge < -0.3 is 11.4 Å². The van der Waals surface area contributed by atoms with Crippen molar-refractivity contribution < 1.29 is 37.5 Å². The van der Waals surface area contributed by atoms with Gasteiger partial charge in [-0.15, -0.1) is 6.42 Å². The molecule has 3 fully saturated rings. The van der Waals surface area contributed by atoms with Gasteiger partial charge in [0.25, 0.3) is 0 Å². The Bertz CT molecular complexity index is 625. The van der Waals surface area contributed by atoms with Gasteiger partial charge in [0.2, 0.25) is 0 Å². The number of para-hydroxylation sites is 1. The van der Waals surface area contributed by atoms with Crippen LogP contribution in [-0.2, 0) is 37.5 Å². The molecule has 1 aromatic rings. The van der Waals surface area contributed by atoms with Crippen LogP contribution < -0.4 is 0 Å². The Hall–Kier alpha value is -0.336. The Morgan fingerprint density at radius 3 is 2.54 bits per heavy atom. The van der Waals surface area contributed by atoms with E-state index in [9.17, 15) is 4.79 Å². The summed E-state index contributed by atoms with van der Waals surface area (Å²) in [6, 6.07) is 10.8. The molecule has 26 heavy (non-hydrogen) atoms. The van der Waals surface area contributed by atoms with Crippen LogP contribution >= 0.6 is 0 Å². The van der Waals surface area contributed by atoms with Gasteiger partial charge in [-0.1, -0.05) is 33.6 Å². The smallest absolute Gasteiger partial charge is 0.481 e. The van der Waals surface area contributed by atoms with E-state index < -0.39 is 0 Å². The topological polar surface area (TPSA) is 29.4 Å². The number of fused-ring (bicyclic) bond motifs is 1. The Balaban J connectivity index is 0.000000430. The van der Waals surface area contributed by atoms with Gasteiger partial charge in [0.05, 0.1) is 0 Å². The number of benzene rings is 1. The first-order valence-electron chi connectivity index (χ1n) is 9.60. The van der Waals surface area contributed by atoms with Crippen LogP contribution in [0.5, 0.6) is 0 Å². The van der Waals surface area contributed by atoms with E-state index in [0.717, 1.165) is 12.1 Å². The Kier molecular flexibility index (Phi) is 7.41. The van der Waals surface area contributed by atoms with Crippen LogP contribution in [0.15, 0.2) is 29.3 Å². The SMILES string of the molecule is CC(C)(C)CC(=O)C1CC2C([C-]=Nc3[c-]cccc3)C12C.[CH-]1CCC1.[Y+3]. The van der Waals surface area contributed by atoms with E-state index >= 15 is 0 Å². The number of nitrogens with zero attached hydrogens (tertiary/aromatic N) is 1. The average molecular weight is 425 g/mol. The minimum Gasteiger partial charge on any atom is -0.481 e. The second-order valence-electron chi connectivity index (χ2n) is 9.15. The Labute approximate surface area is 184 Å². The monoisotopic (exact) mass is 425 g/mol. The van der Waals surface area contributed by atoms with Gasteiger partial charge in [0.1, 0.15) is 5.78 Å². The molecule has 0 aliphatic heterocycles. The van der Waals surface area contributed by atoms with Crippen molar-refractivity contribution in [1.29, 1.82) is 0 Å². The number of hydrogen-bond donors (Lipinski definition) is 0. The summed E-state index contributed by atoms with van der Waals surface area (Å²) in [7, 11) is 0. The number of carbonyl (C=O) groups is 1. The molecule has 0 aromatic heterocycles. The van der Waals surface area contributed by atoms with Crippen molar-refractivity contribution in [3.05, 3.63) is 36.8 Å². The molecule has 0 bridgehead atoms. The molecule has 4 unspecified atom stereocenters. The molecule has 0 saturated heterocycles. The number of carbonyl (C=O) groups excluding carboxylic acids is 1. The van der Waals surface area contributed by atoms with Crippen LogP contribution in [-0.4, -0.2) is 12.0 Å². The maximum absolute atomic E-state index is 12.4. The van der Waals surface area contributed by atoms with Crippen LogP contribution in [0.4, 0.5) is 5.69 Å². The first-order valence-corrected chi connectivity index (χ1v) is 9.60. The summed E-state index contributed by atoms with van der Waals surface area (Å²) < 4.78 is 0. The maximum atomic E-state index is 12.4. The third kappa shape index (κ3) is 4.93. The minimum absolute atomic E-state index is 0. The van der Waals surface area contributed by atoms with E-state index in [-0.39, 0.29) is 49.5 Å². The molecule has 4 atom stereocenters. The predicted molar refractivity (Wildman–Crippen MR) is 103 cm³/mol. The zero-order valence-electron chi connectivity index (χ0n) is 16.6. The van der Waals surface area contributed by atoms with Gasteiger partial charge in [-0.05, 0) is 23.2 Å². The molecule has 4 rings (SSSR count). The molecule has 3 heteroatoms. The van der Waals surface area contributed by atoms with Gasteiger partial charge in [0.15, 0.2) is 0 Å². The van der Waals surface area contributed by atoms with Gasteiger partial charge in [-0.2, -0.15) is 37.3 Å². The molecule has 0 N–H and O–H groups in total. The van der Waals surface area contributed by atoms with E-state index in [1.165, 1.54) is 19.3 Å². The minimum atomic E-state index is 0. The van der Waals surface area contributed by atoms with Crippen LogP contribution in [0, 0.1) is 41.1 Å². The Morgan fingerprint density at radius 2 is 2.04 bits per heavy atom. The molecular formula is C23H30NOY. The molecule has 2 nitrogen and oxygen atoms in total. The molecule has 0 radical (unpaired) electrons. The summed E-state index contributed by atoms with van der Waals surface area (Å²) in [6.45, 7) is 8.63. The second kappa shape index (κ2) is 8.78. The predicted octanol–water partition coefficient (Wildman–Crippen LogP) is 5.72. The van der Waals surface area contributed by atoms with Crippen molar-refractivity contribution in [3.63, 3.8) is 0 Å². The number of hydrogen-bond acceptors (Lipinski definition) is 2. The third-order valence-electron chi connectivity index (χ3n) is 5.93. The van der Waals surface area contributed by atoms with E-state index in [1.807, 2.05) is 24.3 Å². The second-order valence-corrected chi connectivity index (χ2v) is 9.15. The number of rotatable bonds is 4. The van der Waals surface area contributed by atoms with Crippen LogP contribution in [0.25, 0.3) is 0 Å². The zero-order valence-corrected chi connectivity index (χ0v) is 19.4. The van der Waals surface area contributed by atoms with Crippen LogP contribution in [0.2, 0.25) is 0 Å². The standard InChI is InChI=1S/C19H23NO.C4H7.Y/c1-18(2,3)11-17(21)15-10-14-16(19(14,15)4)12-20-13-8-6-5-7-9-13;1-2-4-3-1;/h5-8,14-16H,10-11H2,1-4H3;1H,2-4H2;/q-2;-1;+3. The normalized spacial score (nSPS) is 31.5. The van der Waals surface area contributed by atoms with E-state index in [4.69, 9.17) is 0 Å². The summed E-state index contributed by atoms with van der Waals surface area (Å²) in [4.78, 5) is 16.8. The van der Waals surface area contributed by atoms with Crippen molar-refractivity contribution in [2.75, 3.05) is 0 Å². The molecule has 3 aliphatic carbocycles. The van der Waals surface area contributed by atoms with Crippen molar-refractivity contribution in [2.45, 2.75) is 59.8 Å². The molecule has 136 valence electrons. The van der Waals surface area contributed by atoms with E-state index in [0.29, 0.717) is 24.0 Å². The summed E-state index contributed by atoms with van der Waals surface area (Å²) in [5.74, 6) is 1.60. The summed E-state index contributed by atoms with van der Waals surface area (Å²) in [6.07, 6.45) is 11.5. The number of Topliss-reactive ketones (excluding diaryl/α,β-unsaturated/α-hetero) is 1. The third-order valence-corrected chi connectivity index (χ3v) is 5.93. The maximum Gasteiger partial charge on any atom is 3.00 e. The van der Waals surface area contributed by atoms with Crippen LogP contribution in [0.3, 0.4) is 0 Å². The van der Waals surface area contributed by atoms with Crippen LogP contribution in [0.1, 0.15) is 59.8 Å². The van der Waals surface area contributed by atoms with Gasteiger partial charge >= 0.3 is 32.7 Å². The van der Waals surface area contributed by atoms with Crippen molar-refractivity contribution in [3.8, 4) is 0 Å². The fourth-order valence-corrected chi connectivity index (χ4v) is 3.99. The first kappa shape index (κ1) is 22.0. The fraction of sp³-hybridized carbons (Fsp3) is 0.609. The van der Waals surface area contributed by atoms with Crippen molar-refractivity contribution in [2.24, 2.45) is 33.6 Å². The molecule has 0 heterocycles. The summed E-state index contributed by atoms with van der Waals surface area (Å²) >= 11 is 0. The van der Waals surface area contributed by atoms with Gasteiger partial charge in [-0.25, -0.2) is 11.8 Å². The van der Waals surface area contributed by atoms with E-state index in [1.54, 1.807) is 0 Å². The molecule has 3 aliphatic rings. The zero-order chi connectivity index (χ0) is 18.1. The molecular weight excluding hydrogens is 395 g/mol. The Morgan fingerprint density at radius 1 is 1.38 bits per heavy atom. The molecule has 0 spiro atoms. The first-order chi connectivity index (χ1) is 11.8. The van der Waals surface area contributed by atoms with Gasteiger partial charge in [0, 0.05) is 12.3 Å². The van der Waals surface area contributed by atoms with Gasteiger partial charge in [-0.3, -0.25) is 10.9 Å². The molecule has 1 aromatic carbocycles. The quantitative estimate of drug-likeness (QED) is 0.449. The van der Waals surface area contributed by atoms with Crippen molar-refractivity contribution in [1.82, 2.24) is 0 Å². The fourth-order valence-electron chi connectivity index (χ4n) is 3.99. The molecule has 0 amide bonds. The largest absolute Gasteiger partial charge is 3.00 e. The average Bonchev–Trinajstić information content (AvgIpc) is 2.90. The molecule has 3 saturated carbocycles. The summed E-state index contributed by atoms with van der Waals surface area (Å²) in [5.41, 5.74) is 1.03. The summed E-state index contributed by atoms with van der Waals surface area (Å²) in [5, 5.41) is 0. The van der Waals surface area contributed by atoms with E-state index in [2.05, 4.69) is 51.4 Å². The van der Waals surface area contributed by atoms with Crippen molar-refractivity contribution >= 4 is 17.7 Å². The number of ketones is 1. The number of aliphatic imine (C=N–C) groups is 1.